The molecule has 2 aliphatic heterocycles. The van der Waals surface area contributed by atoms with Crippen molar-refractivity contribution in [1.82, 2.24) is 9.88 Å². The predicted molar refractivity (Wildman–Crippen MR) is 121 cm³/mol. The standard InChI is InChI=1S/C26H22N2O5/c1-32-20-7-4-16(5-8-20)15-28-23(19-3-2-11-27-14-19)22(25(30)26(28)31)24(29)18-6-9-21-17(13-18)10-12-33-21/h2-9,11,13-14,23,29H,10,12,15H2,1H3/b24-22-. The first-order valence-corrected chi connectivity index (χ1v) is 10.6. The molecule has 1 atom stereocenters. The SMILES string of the molecule is COc1ccc(CN2C(=O)C(=O)/C(=C(\O)c3ccc4c(c3)CCO4)C2c2cccnc2)cc1. The van der Waals surface area contributed by atoms with Crippen LogP contribution in [0, 0.1) is 0 Å². The Balaban J connectivity index is 1.59. The molecule has 1 saturated heterocycles. The number of Topliss-reactive ketones (excluding diaryl/α,β-unsaturated/α-hetero) is 1. The van der Waals surface area contributed by atoms with Gasteiger partial charge in [-0.15, -0.1) is 0 Å². The minimum Gasteiger partial charge on any atom is -0.507 e. The maximum atomic E-state index is 13.2. The molecule has 1 aromatic heterocycles. The number of carbonyl (C=O) groups is 2. The number of ether oxygens (including phenoxy) is 2. The Morgan fingerprint density at radius 3 is 2.73 bits per heavy atom. The molecule has 166 valence electrons. The number of aliphatic hydroxyl groups is 1. The van der Waals surface area contributed by atoms with Gasteiger partial charge in [-0.1, -0.05) is 18.2 Å². The highest BCUT2D eigenvalue weighted by Crippen LogP contribution is 2.40. The third-order valence-electron chi connectivity index (χ3n) is 6.01. The van der Waals surface area contributed by atoms with Gasteiger partial charge in [0.25, 0.3) is 11.7 Å². The molecule has 3 heterocycles. The van der Waals surface area contributed by atoms with E-state index in [0.717, 1.165) is 23.3 Å². The van der Waals surface area contributed by atoms with Crippen molar-refractivity contribution in [1.29, 1.82) is 0 Å². The first-order valence-electron chi connectivity index (χ1n) is 10.6. The molecule has 33 heavy (non-hydrogen) atoms. The van der Waals surface area contributed by atoms with Crippen LogP contribution in [0.15, 0.2) is 72.6 Å². The summed E-state index contributed by atoms with van der Waals surface area (Å²) in [4.78, 5) is 31.9. The highest BCUT2D eigenvalue weighted by atomic mass is 16.5. The van der Waals surface area contributed by atoms with Crippen LogP contribution < -0.4 is 9.47 Å². The molecule has 0 aliphatic carbocycles. The lowest BCUT2D eigenvalue weighted by Crippen LogP contribution is -2.29. The van der Waals surface area contributed by atoms with Gasteiger partial charge in [-0.2, -0.15) is 0 Å². The van der Waals surface area contributed by atoms with Crippen LogP contribution in [0.3, 0.4) is 0 Å². The maximum absolute atomic E-state index is 13.2. The molecule has 0 saturated carbocycles. The number of hydrogen-bond acceptors (Lipinski definition) is 6. The van der Waals surface area contributed by atoms with E-state index in [1.165, 1.54) is 4.90 Å². The predicted octanol–water partition coefficient (Wildman–Crippen LogP) is 3.65. The van der Waals surface area contributed by atoms with Crippen LogP contribution in [0.25, 0.3) is 5.76 Å². The topological polar surface area (TPSA) is 89.0 Å². The van der Waals surface area contributed by atoms with Gasteiger partial charge in [0.1, 0.15) is 17.3 Å². The van der Waals surface area contributed by atoms with Crippen LogP contribution in [0.4, 0.5) is 0 Å². The number of benzene rings is 2. The van der Waals surface area contributed by atoms with E-state index in [1.54, 1.807) is 55.9 Å². The van der Waals surface area contributed by atoms with Crippen LogP contribution in [0.5, 0.6) is 11.5 Å². The van der Waals surface area contributed by atoms with E-state index in [9.17, 15) is 14.7 Å². The first-order chi connectivity index (χ1) is 16.1. The van der Waals surface area contributed by atoms with Crippen molar-refractivity contribution in [2.45, 2.75) is 19.0 Å². The summed E-state index contributed by atoms with van der Waals surface area (Å²) in [6, 6.07) is 15.4. The molecule has 1 N–H and O–H groups in total. The summed E-state index contributed by atoms with van der Waals surface area (Å²) in [7, 11) is 1.58. The Bertz CT molecular complexity index is 1250. The largest absolute Gasteiger partial charge is 0.507 e. The van der Waals surface area contributed by atoms with Gasteiger partial charge in [-0.05, 0) is 53.1 Å². The molecule has 3 aromatic rings. The van der Waals surface area contributed by atoms with E-state index >= 15 is 0 Å². The normalized spacial score (nSPS) is 18.8. The molecule has 7 nitrogen and oxygen atoms in total. The number of hydrogen-bond donors (Lipinski definition) is 1. The Labute approximate surface area is 190 Å². The van der Waals surface area contributed by atoms with E-state index in [4.69, 9.17) is 9.47 Å². The van der Waals surface area contributed by atoms with E-state index < -0.39 is 17.7 Å². The Hall–Kier alpha value is -4.13. The van der Waals surface area contributed by atoms with Crippen molar-refractivity contribution >= 4 is 17.4 Å². The van der Waals surface area contributed by atoms with Gasteiger partial charge < -0.3 is 19.5 Å². The minimum atomic E-state index is -0.759. The van der Waals surface area contributed by atoms with Crippen LogP contribution >= 0.6 is 0 Å². The van der Waals surface area contributed by atoms with Crippen molar-refractivity contribution in [3.05, 3.63) is 94.8 Å². The molecule has 0 bridgehead atoms. The minimum absolute atomic E-state index is 0.0559. The zero-order chi connectivity index (χ0) is 22.9. The summed E-state index contributed by atoms with van der Waals surface area (Å²) in [5.74, 6) is -0.105. The van der Waals surface area contributed by atoms with E-state index in [-0.39, 0.29) is 17.9 Å². The maximum Gasteiger partial charge on any atom is 0.295 e. The third kappa shape index (κ3) is 3.71. The summed E-state index contributed by atoms with van der Waals surface area (Å²) in [6.45, 7) is 0.782. The molecule has 2 aliphatic rings. The molecular formula is C26H22N2O5. The number of aromatic nitrogens is 1. The van der Waals surface area contributed by atoms with Gasteiger partial charge in [0.15, 0.2) is 0 Å². The molecule has 5 rings (SSSR count). The number of pyridine rings is 1. The molecule has 1 amide bonds. The average Bonchev–Trinajstić information content (AvgIpc) is 3.42. The molecule has 1 fully saturated rings. The monoisotopic (exact) mass is 442 g/mol. The summed E-state index contributed by atoms with van der Waals surface area (Å²) < 4.78 is 10.7. The van der Waals surface area contributed by atoms with Crippen LogP contribution in [-0.4, -0.2) is 40.4 Å². The fourth-order valence-electron chi connectivity index (χ4n) is 4.34. The summed E-state index contributed by atoms with van der Waals surface area (Å²) in [5.41, 5.74) is 2.98. The van der Waals surface area contributed by atoms with E-state index in [1.807, 2.05) is 18.2 Å². The van der Waals surface area contributed by atoms with Crippen molar-refractivity contribution in [2.24, 2.45) is 0 Å². The smallest absolute Gasteiger partial charge is 0.295 e. The van der Waals surface area contributed by atoms with Gasteiger partial charge >= 0.3 is 0 Å². The van der Waals surface area contributed by atoms with Crippen molar-refractivity contribution < 1.29 is 24.2 Å². The summed E-state index contributed by atoms with van der Waals surface area (Å²) in [6.07, 6.45) is 3.97. The van der Waals surface area contributed by atoms with Crippen molar-refractivity contribution in [2.75, 3.05) is 13.7 Å². The summed E-state index contributed by atoms with van der Waals surface area (Å²) in [5, 5.41) is 11.2. The molecular weight excluding hydrogens is 420 g/mol. The van der Waals surface area contributed by atoms with Gasteiger partial charge in [-0.25, -0.2) is 0 Å². The lowest BCUT2D eigenvalue weighted by Gasteiger charge is -2.25. The first kappa shape index (κ1) is 20.8. The Morgan fingerprint density at radius 1 is 1.18 bits per heavy atom. The van der Waals surface area contributed by atoms with Gasteiger partial charge in [0, 0.05) is 30.9 Å². The number of aliphatic hydroxyl groups excluding tert-OH is 1. The highest BCUT2D eigenvalue weighted by molar-refractivity contribution is 6.46. The fourth-order valence-corrected chi connectivity index (χ4v) is 4.34. The van der Waals surface area contributed by atoms with Gasteiger partial charge in [0.05, 0.1) is 25.3 Å². The number of methoxy groups -OCH3 is 1. The van der Waals surface area contributed by atoms with Gasteiger partial charge in [-0.3, -0.25) is 14.6 Å². The molecule has 0 spiro atoms. The zero-order valence-corrected chi connectivity index (χ0v) is 18.0. The molecule has 0 radical (unpaired) electrons. The number of ketones is 1. The zero-order valence-electron chi connectivity index (χ0n) is 18.0. The molecule has 2 aromatic carbocycles. The van der Waals surface area contributed by atoms with Crippen LogP contribution in [-0.2, 0) is 22.6 Å². The number of carbonyl (C=O) groups excluding carboxylic acids is 2. The fraction of sp³-hybridized carbons (Fsp3) is 0.192. The van der Waals surface area contributed by atoms with E-state index in [2.05, 4.69) is 4.98 Å². The summed E-state index contributed by atoms with van der Waals surface area (Å²) >= 11 is 0. The number of likely N-dealkylation sites (tertiary alicyclic amines) is 1. The lowest BCUT2D eigenvalue weighted by atomic mass is 9.95. The van der Waals surface area contributed by atoms with E-state index in [0.29, 0.717) is 23.5 Å². The number of rotatable bonds is 5. The quantitative estimate of drug-likeness (QED) is 0.369. The number of nitrogens with zero attached hydrogens (tertiary/aromatic N) is 2. The second-order valence-corrected chi connectivity index (χ2v) is 7.98. The van der Waals surface area contributed by atoms with Crippen molar-refractivity contribution in [3.8, 4) is 11.5 Å². The second-order valence-electron chi connectivity index (χ2n) is 7.98. The molecule has 7 heteroatoms. The highest BCUT2D eigenvalue weighted by Gasteiger charge is 2.46. The lowest BCUT2D eigenvalue weighted by molar-refractivity contribution is -0.140. The van der Waals surface area contributed by atoms with Crippen LogP contribution in [0.1, 0.15) is 28.3 Å². The molecule has 1 unspecified atom stereocenters. The third-order valence-corrected chi connectivity index (χ3v) is 6.01. The Morgan fingerprint density at radius 2 is 2.00 bits per heavy atom. The average molecular weight is 442 g/mol. The van der Waals surface area contributed by atoms with Crippen LogP contribution in [0.2, 0.25) is 0 Å². The van der Waals surface area contributed by atoms with Crippen molar-refractivity contribution in [3.63, 3.8) is 0 Å². The number of amides is 1. The number of fused-ring (bicyclic) bond motifs is 1. The second kappa shape index (κ2) is 8.43. The Kier molecular flexibility index (Phi) is 5.30. The van der Waals surface area contributed by atoms with Gasteiger partial charge in [0.2, 0.25) is 0 Å².